The Hall–Kier alpha value is -3.59. The van der Waals surface area contributed by atoms with Crippen molar-refractivity contribution in [2.24, 2.45) is 18.9 Å². The molecule has 6 rings (SSSR count). The van der Waals surface area contributed by atoms with E-state index in [0.717, 1.165) is 59.4 Å². The van der Waals surface area contributed by atoms with Crippen LogP contribution in [-0.4, -0.2) is 42.5 Å². The Kier molecular flexibility index (Phi) is 6.69. The first kappa shape index (κ1) is 24.7. The van der Waals surface area contributed by atoms with Crippen LogP contribution in [0, 0.1) is 11.8 Å². The quantitative estimate of drug-likeness (QED) is 0.289. The minimum atomic E-state index is -0.914. The summed E-state index contributed by atoms with van der Waals surface area (Å²) >= 11 is 1.45. The second-order valence-electron chi connectivity index (χ2n) is 10.6. The zero-order chi connectivity index (χ0) is 26.2. The van der Waals surface area contributed by atoms with Crippen LogP contribution in [0.3, 0.4) is 0 Å². The summed E-state index contributed by atoms with van der Waals surface area (Å²) in [6.07, 6.45) is 10.6. The van der Waals surface area contributed by atoms with Crippen molar-refractivity contribution < 1.29 is 14.7 Å². The number of hydrogen-bond acceptors (Lipinski definition) is 6. The molecule has 1 aromatic carbocycles. The predicted octanol–water partition coefficient (Wildman–Crippen LogP) is 5.93. The fourth-order valence-corrected chi connectivity index (χ4v) is 6.58. The van der Waals surface area contributed by atoms with Gasteiger partial charge in [-0.3, -0.25) is 14.5 Å². The lowest BCUT2D eigenvalue weighted by atomic mass is 9.90. The van der Waals surface area contributed by atoms with Crippen LogP contribution in [0.25, 0.3) is 33.7 Å². The van der Waals surface area contributed by atoms with Crippen LogP contribution in [0.1, 0.15) is 51.4 Å². The number of thiazole rings is 1. The van der Waals surface area contributed by atoms with Crippen molar-refractivity contribution in [2.75, 3.05) is 4.90 Å². The summed E-state index contributed by atoms with van der Waals surface area (Å²) in [5, 5.41) is 12.2. The molecule has 2 fully saturated rings. The number of fused-ring (bicyclic) bond motifs is 1. The minimum absolute atomic E-state index is 0.0867. The molecule has 3 aromatic heterocycles. The smallest absolute Gasteiger partial charge is 0.304 e. The molecule has 0 spiro atoms. The molecule has 38 heavy (non-hydrogen) atoms. The number of aryl methyl sites for hydroxylation is 1. The topological polar surface area (TPSA) is 101 Å². The van der Waals surface area contributed by atoms with Gasteiger partial charge in [0.25, 0.3) is 0 Å². The Morgan fingerprint density at radius 3 is 2.53 bits per heavy atom. The molecule has 9 heteroatoms. The van der Waals surface area contributed by atoms with Gasteiger partial charge in [-0.2, -0.15) is 0 Å². The number of nitrogens with zero attached hydrogens (tertiary/aromatic N) is 5. The molecule has 2 aliphatic carbocycles. The number of carbonyl (C=O) groups excluding carboxylic acids is 1. The van der Waals surface area contributed by atoms with Crippen molar-refractivity contribution in [2.45, 2.75) is 57.4 Å². The normalized spacial score (nSPS) is 16.7. The molecule has 0 saturated heterocycles. The van der Waals surface area contributed by atoms with E-state index in [0.29, 0.717) is 17.5 Å². The molecule has 2 saturated carbocycles. The fraction of sp³-hybridized carbons (Fsp3) is 0.414. The molecular formula is C29H31N5O3S. The molecule has 1 atom stereocenters. The molecule has 2 aliphatic rings. The number of aliphatic carboxylic acids is 1. The van der Waals surface area contributed by atoms with E-state index in [-0.39, 0.29) is 18.4 Å². The monoisotopic (exact) mass is 529 g/mol. The van der Waals surface area contributed by atoms with Crippen LogP contribution in [0.4, 0.5) is 5.13 Å². The number of benzene rings is 1. The third kappa shape index (κ3) is 4.95. The predicted molar refractivity (Wildman–Crippen MR) is 148 cm³/mol. The summed E-state index contributed by atoms with van der Waals surface area (Å²) in [6.45, 7) is 0. The van der Waals surface area contributed by atoms with Crippen molar-refractivity contribution in [1.82, 2.24) is 19.5 Å². The molecule has 0 radical (unpaired) electrons. The van der Waals surface area contributed by atoms with Crippen molar-refractivity contribution in [3.05, 3.63) is 48.1 Å². The molecule has 8 nitrogen and oxygen atoms in total. The van der Waals surface area contributed by atoms with Crippen molar-refractivity contribution in [3.8, 4) is 22.5 Å². The number of aromatic nitrogens is 4. The Morgan fingerprint density at radius 2 is 1.82 bits per heavy atom. The molecular weight excluding hydrogens is 498 g/mol. The van der Waals surface area contributed by atoms with E-state index < -0.39 is 11.9 Å². The van der Waals surface area contributed by atoms with E-state index >= 15 is 0 Å². The third-order valence-electron chi connectivity index (χ3n) is 7.76. The second kappa shape index (κ2) is 10.3. The lowest BCUT2D eigenvalue weighted by molar-refractivity contribution is -0.141. The highest BCUT2D eigenvalue weighted by molar-refractivity contribution is 7.14. The van der Waals surface area contributed by atoms with E-state index in [4.69, 9.17) is 9.97 Å². The molecule has 0 aliphatic heterocycles. The molecule has 196 valence electrons. The van der Waals surface area contributed by atoms with Crippen molar-refractivity contribution in [1.29, 1.82) is 0 Å². The Morgan fingerprint density at radius 1 is 1.08 bits per heavy atom. The lowest BCUT2D eigenvalue weighted by Crippen LogP contribution is -2.39. The van der Waals surface area contributed by atoms with Gasteiger partial charge in [0.2, 0.25) is 5.91 Å². The Balaban J connectivity index is 1.31. The van der Waals surface area contributed by atoms with Crippen molar-refractivity contribution >= 4 is 39.5 Å². The zero-order valence-corrected chi connectivity index (χ0v) is 22.2. The van der Waals surface area contributed by atoms with E-state index in [1.807, 2.05) is 53.5 Å². The summed E-state index contributed by atoms with van der Waals surface area (Å²) in [5.41, 5.74) is 5.06. The first-order valence-electron chi connectivity index (χ1n) is 13.4. The number of carboxylic acid groups (broad SMARTS) is 1. The van der Waals surface area contributed by atoms with Crippen LogP contribution in [0.5, 0.6) is 0 Å². The number of hydrogen-bond donors (Lipinski definition) is 1. The second-order valence-corrected chi connectivity index (χ2v) is 11.4. The zero-order valence-electron chi connectivity index (χ0n) is 21.4. The van der Waals surface area contributed by atoms with Crippen LogP contribution in [0.15, 0.2) is 48.1 Å². The first-order chi connectivity index (χ1) is 18.5. The van der Waals surface area contributed by atoms with Gasteiger partial charge in [-0.05, 0) is 31.2 Å². The highest BCUT2D eigenvalue weighted by Gasteiger charge is 2.40. The molecule has 3 heterocycles. The van der Waals surface area contributed by atoms with Crippen molar-refractivity contribution in [3.63, 3.8) is 0 Å². The fourth-order valence-electron chi connectivity index (χ4n) is 5.68. The summed E-state index contributed by atoms with van der Waals surface area (Å²) in [7, 11) is 1.95. The van der Waals surface area contributed by atoms with Crippen LogP contribution >= 0.6 is 11.3 Å². The van der Waals surface area contributed by atoms with Gasteiger partial charge in [-0.15, -0.1) is 11.3 Å². The van der Waals surface area contributed by atoms with Crippen LogP contribution < -0.4 is 4.90 Å². The SMILES string of the molecule is Cn1ccc2nc(-c3ccccc3-c3csc(N(C(=O)[C@@H](CC(=O)O)CC4CCCC4)C4CC4)n3)cnc21. The van der Waals surface area contributed by atoms with Gasteiger partial charge in [-0.1, -0.05) is 49.9 Å². The molecule has 1 amide bonds. The molecule has 0 unspecified atom stereocenters. The molecule has 4 aromatic rings. The maximum absolute atomic E-state index is 13.8. The number of amides is 1. The highest BCUT2D eigenvalue weighted by Crippen LogP contribution is 2.40. The van der Waals surface area contributed by atoms with Gasteiger partial charge in [0, 0.05) is 41.7 Å². The number of anilines is 1. The third-order valence-corrected chi connectivity index (χ3v) is 8.60. The molecule has 0 bridgehead atoms. The van der Waals surface area contributed by atoms with E-state index in [1.54, 1.807) is 11.1 Å². The summed E-state index contributed by atoms with van der Waals surface area (Å²) in [5.74, 6) is -1.08. The van der Waals surface area contributed by atoms with E-state index in [9.17, 15) is 14.7 Å². The Bertz CT molecular complexity index is 1480. The number of carboxylic acids is 1. The number of carbonyl (C=O) groups is 2. The minimum Gasteiger partial charge on any atom is -0.481 e. The average molecular weight is 530 g/mol. The van der Waals surface area contributed by atoms with Crippen LogP contribution in [-0.2, 0) is 16.6 Å². The maximum atomic E-state index is 13.8. The average Bonchev–Trinajstić information content (AvgIpc) is 3.27. The standard InChI is InChI=1S/C29H31N5O3S/c1-33-13-12-23-27(33)30-16-24(31-23)21-8-4-5-9-22(21)25-17-38-29(32-25)34(20-10-11-20)28(37)19(15-26(35)36)14-18-6-2-3-7-18/h4-5,8-9,12-13,16-20H,2-3,6-7,10-11,14-15H2,1H3,(H,35,36)/t19-/m1/s1. The number of rotatable bonds is 9. The van der Waals surface area contributed by atoms with E-state index in [2.05, 4.69) is 4.98 Å². The van der Waals surface area contributed by atoms with Gasteiger partial charge in [0.05, 0.1) is 24.0 Å². The summed E-state index contributed by atoms with van der Waals surface area (Å²) in [4.78, 5) is 41.7. The van der Waals surface area contributed by atoms with E-state index in [1.165, 1.54) is 24.2 Å². The van der Waals surface area contributed by atoms with Gasteiger partial charge in [-0.25, -0.2) is 15.0 Å². The van der Waals surface area contributed by atoms with Gasteiger partial charge in [0.1, 0.15) is 5.52 Å². The van der Waals surface area contributed by atoms with Gasteiger partial charge >= 0.3 is 5.97 Å². The van der Waals surface area contributed by atoms with Gasteiger partial charge in [0.15, 0.2) is 10.8 Å². The maximum Gasteiger partial charge on any atom is 0.304 e. The highest BCUT2D eigenvalue weighted by atomic mass is 32.1. The Labute approximate surface area is 225 Å². The van der Waals surface area contributed by atoms with Crippen LogP contribution in [0.2, 0.25) is 0 Å². The summed E-state index contributed by atoms with van der Waals surface area (Å²) < 4.78 is 1.94. The first-order valence-corrected chi connectivity index (χ1v) is 14.2. The van der Waals surface area contributed by atoms with Gasteiger partial charge < -0.3 is 9.67 Å². The largest absolute Gasteiger partial charge is 0.481 e. The lowest BCUT2D eigenvalue weighted by Gasteiger charge is -2.26. The summed E-state index contributed by atoms with van der Waals surface area (Å²) in [6, 6.07) is 10.0. The molecule has 1 N–H and O–H groups in total.